The molecule has 0 saturated heterocycles. The third-order valence-corrected chi connectivity index (χ3v) is 9.45. The Balaban J connectivity index is 1.48. The van der Waals surface area contributed by atoms with Crippen molar-refractivity contribution in [3.05, 3.63) is 119 Å². The van der Waals surface area contributed by atoms with Crippen molar-refractivity contribution >= 4 is 27.2 Å². The van der Waals surface area contributed by atoms with E-state index in [2.05, 4.69) is 29.2 Å². The minimum Gasteiger partial charge on any atom is -0.497 e. The van der Waals surface area contributed by atoms with Crippen LogP contribution in [0.25, 0.3) is 0 Å². The summed E-state index contributed by atoms with van der Waals surface area (Å²) in [6, 6.07) is 24.8. The number of fused-ring (bicyclic) bond motifs is 1. The average molecular weight is 540 g/mol. The predicted molar refractivity (Wildman–Crippen MR) is 158 cm³/mol. The smallest absolute Gasteiger partial charge is 0.255 e. The highest BCUT2D eigenvalue weighted by molar-refractivity contribution is 7.98. The van der Waals surface area contributed by atoms with E-state index in [1.165, 1.54) is 11.1 Å². The van der Waals surface area contributed by atoms with Crippen LogP contribution < -0.4 is 10.1 Å². The first kappa shape index (κ1) is 26.7. The number of ether oxygens (including phenoxy) is 1. The maximum absolute atomic E-state index is 14.5. The summed E-state index contributed by atoms with van der Waals surface area (Å²) in [6.07, 6.45) is 6.10. The summed E-state index contributed by atoms with van der Waals surface area (Å²) in [5.74, 6) is 4.70. The quantitative estimate of drug-likeness (QED) is 0.262. The Labute approximate surface area is 230 Å². The van der Waals surface area contributed by atoms with E-state index < -0.39 is 9.71 Å². The second kappa shape index (κ2) is 11.4. The zero-order chi connectivity index (χ0) is 27.4. The van der Waals surface area contributed by atoms with Crippen molar-refractivity contribution in [2.75, 3.05) is 12.4 Å². The second-order valence-corrected chi connectivity index (χ2v) is 11.9. The van der Waals surface area contributed by atoms with Crippen LogP contribution in [0.5, 0.6) is 5.75 Å². The number of aryl methyl sites for hydroxylation is 2. The van der Waals surface area contributed by atoms with Crippen molar-refractivity contribution in [2.45, 2.75) is 43.7 Å². The number of amides is 1. The molecule has 5 rings (SSSR count). The molecule has 1 aromatic heterocycles. The minimum atomic E-state index is -2.83. The van der Waals surface area contributed by atoms with Gasteiger partial charge < -0.3 is 10.1 Å². The first-order valence-corrected chi connectivity index (χ1v) is 14.8. The lowest BCUT2D eigenvalue weighted by Crippen LogP contribution is -2.33. The van der Waals surface area contributed by atoms with E-state index in [0.717, 1.165) is 30.4 Å². The fourth-order valence-electron chi connectivity index (χ4n) is 5.09. The molecule has 1 N–H and O–H groups in total. The standard InChI is InChI=1S/C32H33N3O3S/c1-4-23-8-13-29(14-9-23)39(3,37)35(22-24-16-18-33-19-17-24)31-15-11-25-10-12-27(21-30(25)31)34-32(36)26-6-5-7-28(20-26)38-2/h5-10,12-14,16-21,31H,3-4,11,15,22H2,1-2H3,(H,34,36). The Morgan fingerprint density at radius 3 is 2.54 bits per heavy atom. The van der Waals surface area contributed by atoms with E-state index >= 15 is 0 Å². The summed E-state index contributed by atoms with van der Waals surface area (Å²) < 4.78 is 21.8. The molecular formula is C32H33N3O3S. The fraction of sp³-hybridized carbons (Fsp3) is 0.219. The molecular weight excluding hydrogens is 506 g/mol. The van der Waals surface area contributed by atoms with Crippen LogP contribution in [-0.4, -0.2) is 32.4 Å². The van der Waals surface area contributed by atoms with Gasteiger partial charge in [-0.25, -0.2) is 8.51 Å². The number of methoxy groups -OCH3 is 1. The monoisotopic (exact) mass is 539 g/mol. The van der Waals surface area contributed by atoms with Crippen LogP contribution in [-0.2, 0) is 29.1 Å². The summed E-state index contributed by atoms with van der Waals surface area (Å²) in [5, 5.41) is 3.02. The van der Waals surface area contributed by atoms with Gasteiger partial charge in [0.05, 0.1) is 16.8 Å². The van der Waals surface area contributed by atoms with Crippen LogP contribution in [0.4, 0.5) is 5.69 Å². The van der Waals surface area contributed by atoms with Crippen molar-refractivity contribution < 1.29 is 13.7 Å². The van der Waals surface area contributed by atoms with Crippen LogP contribution >= 0.6 is 0 Å². The molecule has 1 heterocycles. The third-order valence-electron chi connectivity index (χ3n) is 7.30. The summed E-state index contributed by atoms with van der Waals surface area (Å²) >= 11 is 0. The Hall–Kier alpha value is -3.94. The largest absolute Gasteiger partial charge is 0.497 e. The van der Waals surface area contributed by atoms with Crippen LogP contribution in [0.15, 0.2) is 96.2 Å². The molecule has 0 radical (unpaired) electrons. The van der Waals surface area contributed by atoms with Crippen LogP contribution in [0.2, 0.25) is 0 Å². The van der Waals surface area contributed by atoms with Gasteiger partial charge in [0.15, 0.2) is 0 Å². The number of anilines is 1. The van der Waals surface area contributed by atoms with Gasteiger partial charge >= 0.3 is 0 Å². The van der Waals surface area contributed by atoms with Crippen LogP contribution in [0.3, 0.4) is 0 Å². The van der Waals surface area contributed by atoms with Crippen molar-refractivity contribution in [3.8, 4) is 5.75 Å². The van der Waals surface area contributed by atoms with Gasteiger partial charge in [-0.1, -0.05) is 31.2 Å². The number of nitrogens with one attached hydrogen (secondary N) is 1. The van der Waals surface area contributed by atoms with E-state index in [1.807, 2.05) is 52.8 Å². The molecule has 1 amide bonds. The van der Waals surface area contributed by atoms with Crippen LogP contribution in [0, 0.1) is 0 Å². The van der Waals surface area contributed by atoms with Gasteiger partial charge in [-0.15, -0.1) is 0 Å². The number of benzene rings is 3. The maximum Gasteiger partial charge on any atom is 0.255 e. The lowest BCUT2D eigenvalue weighted by atomic mass is 10.1. The third kappa shape index (κ3) is 5.75. The molecule has 7 heteroatoms. The minimum absolute atomic E-state index is 0.127. The fourth-order valence-corrected chi connectivity index (χ4v) is 6.91. The lowest BCUT2D eigenvalue weighted by Gasteiger charge is -2.33. The van der Waals surface area contributed by atoms with E-state index in [9.17, 15) is 9.00 Å². The number of nitrogens with zero attached hydrogens (tertiary/aromatic N) is 2. The molecule has 6 nitrogen and oxygen atoms in total. The van der Waals surface area contributed by atoms with Gasteiger partial charge in [-0.2, -0.15) is 0 Å². The molecule has 0 bridgehead atoms. The molecule has 0 aliphatic heterocycles. The molecule has 4 aromatic rings. The van der Waals surface area contributed by atoms with Gasteiger partial charge in [0.25, 0.3) is 5.91 Å². The number of carbonyl (C=O) groups is 1. The molecule has 2 atom stereocenters. The van der Waals surface area contributed by atoms with E-state index in [0.29, 0.717) is 28.4 Å². The Morgan fingerprint density at radius 2 is 1.82 bits per heavy atom. The normalized spacial score (nSPS) is 15.9. The first-order chi connectivity index (χ1) is 18.9. The van der Waals surface area contributed by atoms with Crippen LogP contribution in [0.1, 0.15) is 52.0 Å². The van der Waals surface area contributed by atoms with E-state index in [1.54, 1.807) is 43.8 Å². The van der Waals surface area contributed by atoms with Crippen molar-refractivity contribution in [2.24, 2.45) is 0 Å². The lowest BCUT2D eigenvalue weighted by molar-refractivity contribution is 0.102. The van der Waals surface area contributed by atoms with Crippen molar-refractivity contribution in [1.29, 1.82) is 0 Å². The number of rotatable bonds is 9. The summed E-state index contributed by atoms with van der Waals surface area (Å²) in [4.78, 5) is 17.9. The zero-order valence-corrected chi connectivity index (χ0v) is 23.1. The van der Waals surface area contributed by atoms with Gasteiger partial charge in [0.2, 0.25) is 0 Å². The summed E-state index contributed by atoms with van der Waals surface area (Å²) in [7, 11) is -1.25. The molecule has 3 aromatic carbocycles. The predicted octanol–water partition coefficient (Wildman–Crippen LogP) is 6.08. The highest BCUT2D eigenvalue weighted by atomic mass is 32.2. The number of hydrogen-bond donors (Lipinski definition) is 1. The topological polar surface area (TPSA) is 71.5 Å². The first-order valence-electron chi connectivity index (χ1n) is 13.1. The molecule has 0 spiro atoms. The van der Waals surface area contributed by atoms with Gasteiger partial charge in [-0.3, -0.25) is 9.78 Å². The average Bonchev–Trinajstić information content (AvgIpc) is 3.39. The molecule has 0 fully saturated rings. The second-order valence-electron chi connectivity index (χ2n) is 9.72. The Kier molecular flexibility index (Phi) is 7.82. The van der Waals surface area contributed by atoms with E-state index in [-0.39, 0.29) is 11.9 Å². The molecule has 0 saturated carbocycles. The number of hydrogen-bond acceptors (Lipinski definition) is 4. The zero-order valence-electron chi connectivity index (χ0n) is 22.3. The molecule has 200 valence electrons. The highest BCUT2D eigenvalue weighted by Crippen LogP contribution is 2.41. The van der Waals surface area contributed by atoms with Gasteiger partial charge in [-0.05, 0) is 102 Å². The molecule has 1 aliphatic rings. The van der Waals surface area contributed by atoms with Gasteiger partial charge in [0.1, 0.15) is 5.75 Å². The SMILES string of the molecule is C=S(=O)(c1ccc(CC)cc1)N(Cc1ccncc1)C1CCc2ccc(NC(=O)c3cccc(OC)c3)cc21. The molecule has 1 aliphatic carbocycles. The maximum atomic E-state index is 14.5. The summed E-state index contributed by atoms with van der Waals surface area (Å²) in [6.45, 7) is 2.57. The van der Waals surface area contributed by atoms with Crippen molar-refractivity contribution in [3.63, 3.8) is 0 Å². The number of aromatic nitrogens is 1. The van der Waals surface area contributed by atoms with Crippen molar-refractivity contribution in [1.82, 2.24) is 9.29 Å². The molecule has 2 unspecified atom stereocenters. The molecule has 39 heavy (non-hydrogen) atoms. The Bertz CT molecular complexity index is 1570. The Morgan fingerprint density at radius 1 is 1.05 bits per heavy atom. The highest BCUT2D eigenvalue weighted by Gasteiger charge is 2.33. The summed E-state index contributed by atoms with van der Waals surface area (Å²) in [5.41, 5.74) is 5.67. The van der Waals surface area contributed by atoms with E-state index in [4.69, 9.17) is 4.74 Å². The number of carbonyl (C=O) groups excluding carboxylic acids is 1. The van der Waals surface area contributed by atoms with Gasteiger partial charge in [0, 0.05) is 41.1 Å². The number of pyridine rings is 1.